The molecule has 0 fully saturated rings. The first-order chi connectivity index (χ1) is 6.74. The standard InChI is InChI=1S/C12H20N2.ClH/c1-3-4-5-8-11(13)12-9-6-7-10(2)14-12;/h6-7,9,11H,3-5,8,13H2,1-2H3;1H/t11-;/m1./s1. The van der Waals surface area contributed by atoms with Crippen molar-refractivity contribution in [3.8, 4) is 0 Å². The third-order valence-corrected chi connectivity index (χ3v) is 2.41. The number of nitrogens with zero attached hydrogens (tertiary/aromatic N) is 1. The first-order valence-electron chi connectivity index (χ1n) is 5.43. The average Bonchev–Trinajstić information content (AvgIpc) is 2.18. The molecule has 1 aromatic rings. The Balaban J connectivity index is 0.00000196. The summed E-state index contributed by atoms with van der Waals surface area (Å²) in [6, 6.07) is 6.16. The Bertz CT molecular complexity index is 276. The molecule has 0 aliphatic rings. The van der Waals surface area contributed by atoms with Crippen LogP contribution in [-0.4, -0.2) is 4.98 Å². The van der Waals surface area contributed by atoms with E-state index in [0.717, 1.165) is 17.8 Å². The van der Waals surface area contributed by atoms with Crippen LogP contribution in [0.4, 0.5) is 0 Å². The van der Waals surface area contributed by atoms with Crippen molar-refractivity contribution in [1.29, 1.82) is 0 Å². The number of hydrogen-bond acceptors (Lipinski definition) is 2. The van der Waals surface area contributed by atoms with E-state index in [4.69, 9.17) is 5.73 Å². The van der Waals surface area contributed by atoms with Gasteiger partial charge >= 0.3 is 0 Å². The molecule has 2 N–H and O–H groups in total. The SMILES string of the molecule is CCCCC[C@@H](N)c1cccc(C)n1.Cl. The smallest absolute Gasteiger partial charge is 0.0574 e. The Labute approximate surface area is 98.7 Å². The molecule has 0 aliphatic heterocycles. The predicted octanol–water partition coefficient (Wildman–Crippen LogP) is 3.39. The van der Waals surface area contributed by atoms with Crippen LogP contribution in [0.1, 0.15) is 50.0 Å². The Morgan fingerprint density at radius 3 is 2.67 bits per heavy atom. The van der Waals surface area contributed by atoms with Crippen molar-refractivity contribution in [3.05, 3.63) is 29.6 Å². The lowest BCUT2D eigenvalue weighted by atomic mass is 10.1. The van der Waals surface area contributed by atoms with Crippen LogP contribution in [0.5, 0.6) is 0 Å². The molecule has 0 saturated heterocycles. The van der Waals surface area contributed by atoms with Crippen LogP contribution < -0.4 is 5.73 Å². The number of halogens is 1. The lowest BCUT2D eigenvalue weighted by Crippen LogP contribution is -2.12. The largest absolute Gasteiger partial charge is 0.323 e. The van der Waals surface area contributed by atoms with Crippen LogP contribution in [0.3, 0.4) is 0 Å². The Hall–Kier alpha value is -0.600. The monoisotopic (exact) mass is 228 g/mol. The maximum absolute atomic E-state index is 6.04. The highest BCUT2D eigenvalue weighted by Crippen LogP contribution is 2.15. The second-order valence-electron chi connectivity index (χ2n) is 3.81. The molecule has 1 aromatic heterocycles. The molecule has 0 saturated carbocycles. The minimum atomic E-state index is 0. The van der Waals surface area contributed by atoms with Crippen LogP contribution in [0.15, 0.2) is 18.2 Å². The van der Waals surface area contributed by atoms with Crippen LogP contribution in [0.25, 0.3) is 0 Å². The molecule has 15 heavy (non-hydrogen) atoms. The molecule has 2 nitrogen and oxygen atoms in total. The summed E-state index contributed by atoms with van der Waals surface area (Å²) in [5.74, 6) is 0. The minimum Gasteiger partial charge on any atom is -0.323 e. The summed E-state index contributed by atoms with van der Waals surface area (Å²) < 4.78 is 0. The summed E-state index contributed by atoms with van der Waals surface area (Å²) in [4.78, 5) is 4.43. The maximum atomic E-state index is 6.04. The fourth-order valence-corrected chi connectivity index (χ4v) is 1.53. The lowest BCUT2D eigenvalue weighted by Gasteiger charge is -2.10. The maximum Gasteiger partial charge on any atom is 0.0574 e. The molecule has 0 radical (unpaired) electrons. The van der Waals surface area contributed by atoms with Crippen LogP contribution >= 0.6 is 12.4 Å². The number of aromatic nitrogens is 1. The molecule has 0 spiro atoms. The summed E-state index contributed by atoms with van der Waals surface area (Å²) in [7, 11) is 0. The molecule has 1 rings (SSSR count). The van der Waals surface area contributed by atoms with Crippen molar-refractivity contribution < 1.29 is 0 Å². The predicted molar refractivity (Wildman–Crippen MR) is 67.3 cm³/mol. The summed E-state index contributed by atoms with van der Waals surface area (Å²) in [6.07, 6.45) is 4.76. The number of aryl methyl sites for hydroxylation is 1. The Kier molecular flexibility index (Phi) is 7.35. The van der Waals surface area contributed by atoms with E-state index in [-0.39, 0.29) is 18.4 Å². The molecule has 0 unspecified atom stereocenters. The minimum absolute atomic E-state index is 0. The Morgan fingerprint density at radius 1 is 1.33 bits per heavy atom. The van der Waals surface area contributed by atoms with Crippen molar-refractivity contribution in [2.75, 3.05) is 0 Å². The van der Waals surface area contributed by atoms with Gasteiger partial charge in [-0.2, -0.15) is 0 Å². The second-order valence-corrected chi connectivity index (χ2v) is 3.81. The quantitative estimate of drug-likeness (QED) is 0.785. The van der Waals surface area contributed by atoms with Gasteiger partial charge < -0.3 is 5.73 Å². The van der Waals surface area contributed by atoms with E-state index in [2.05, 4.69) is 11.9 Å². The van der Waals surface area contributed by atoms with E-state index in [0.29, 0.717) is 0 Å². The zero-order valence-electron chi connectivity index (χ0n) is 9.57. The van der Waals surface area contributed by atoms with Crippen molar-refractivity contribution in [2.45, 2.75) is 45.6 Å². The topological polar surface area (TPSA) is 38.9 Å². The highest BCUT2D eigenvalue weighted by molar-refractivity contribution is 5.85. The number of pyridine rings is 1. The van der Waals surface area contributed by atoms with E-state index in [1.807, 2.05) is 25.1 Å². The van der Waals surface area contributed by atoms with E-state index in [9.17, 15) is 0 Å². The van der Waals surface area contributed by atoms with Gasteiger partial charge in [0.2, 0.25) is 0 Å². The van der Waals surface area contributed by atoms with Gasteiger partial charge in [-0.05, 0) is 25.5 Å². The van der Waals surface area contributed by atoms with Gasteiger partial charge in [0.25, 0.3) is 0 Å². The van der Waals surface area contributed by atoms with E-state index in [1.54, 1.807) is 0 Å². The summed E-state index contributed by atoms with van der Waals surface area (Å²) in [5.41, 5.74) is 8.12. The fraction of sp³-hybridized carbons (Fsp3) is 0.583. The van der Waals surface area contributed by atoms with Gasteiger partial charge in [0.1, 0.15) is 0 Å². The highest BCUT2D eigenvalue weighted by atomic mass is 35.5. The lowest BCUT2D eigenvalue weighted by molar-refractivity contribution is 0.570. The molecular weight excluding hydrogens is 208 g/mol. The van der Waals surface area contributed by atoms with Gasteiger partial charge in [0.05, 0.1) is 5.69 Å². The van der Waals surface area contributed by atoms with E-state index < -0.39 is 0 Å². The van der Waals surface area contributed by atoms with Crippen molar-refractivity contribution >= 4 is 12.4 Å². The second kappa shape index (κ2) is 7.66. The third kappa shape index (κ3) is 5.14. The van der Waals surface area contributed by atoms with Gasteiger partial charge in [0.15, 0.2) is 0 Å². The number of unbranched alkanes of at least 4 members (excludes halogenated alkanes) is 2. The molecule has 0 aromatic carbocycles. The van der Waals surface area contributed by atoms with Crippen LogP contribution in [0.2, 0.25) is 0 Å². The van der Waals surface area contributed by atoms with Crippen LogP contribution in [-0.2, 0) is 0 Å². The average molecular weight is 229 g/mol. The first kappa shape index (κ1) is 14.4. The first-order valence-corrected chi connectivity index (χ1v) is 5.43. The molecule has 0 bridgehead atoms. The third-order valence-electron chi connectivity index (χ3n) is 2.41. The summed E-state index contributed by atoms with van der Waals surface area (Å²) >= 11 is 0. The number of rotatable bonds is 5. The zero-order chi connectivity index (χ0) is 10.4. The van der Waals surface area contributed by atoms with Crippen molar-refractivity contribution in [1.82, 2.24) is 4.98 Å². The molecule has 1 atom stereocenters. The molecule has 3 heteroatoms. The van der Waals surface area contributed by atoms with Gasteiger partial charge in [-0.15, -0.1) is 12.4 Å². The highest BCUT2D eigenvalue weighted by Gasteiger charge is 2.06. The van der Waals surface area contributed by atoms with Gasteiger partial charge in [0, 0.05) is 11.7 Å². The Morgan fingerprint density at radius 2 is 2.07 bits per heavy atom. The van der Waals surface area contributed by atoms with Crippen LogP contribution in [0, 0.1) is 6.92 Å². The zero-order valence-corrected chi connectivity index (χ0v) is 10.4. The van der Waals surface area contributed by atoms with E-state index in [1.165, 1.54) is 19.3 Å². The number of hydrogen-bond donors (Lipinski definition) is 1. The van der Waals surface area contributed by atoms with Crippen molar-refractivity contribution in [3.63, 3.8) is 0 Å². The van der Waals surface area contributed by atoms with Gasteiger partial charge in [-0.1, -0.05) is 32.3 Å². The number of nitrogens with two attached hydrogens (primary N) is 1. The molecule has 0 aliphatic carbocycles. The molecule has 86 valence electrons. The summed E-state index contributed by atoms with van der Waals surface area (Å²) in [5, 5.41) is 0. The molecular formula is C12H21ClN2. The molecule has 0 amide bonds. The summed E-state index contributed by atoms with van der Waals surface area (Å²) in [6.45, 7) is 4.21. The van der Waals surface area contributed by atoms with Gasteiger partial charge in [-0.3, -0.25) is 4.98 Å². The van der Waals surface area contributed by atoms with Gasteiger partial charge in [-0.25, -0.2) is 0 Å². The fourth-order valence-electron chi connectivity index (χ4n) is 1.53. The van der Waals surface area contributed by atoms with Crippen molar-refractivity contribution in [2.24, 2.45) is 5.73 Å². The van der Waals surface area contributed by atoms with E-state index >= 15 is 0 Å². The normalized spacial score (nSPS) is 11.9. The molecule has 1 heterocycles.